The van der Waals surface area contributed by atoms with Gasteiger partial charge in [0.25, 0.3) is 5.91 Å². The van der Waals surface area contributed by atoms with Crippen LogP contribution in [0.1, 0.15) is 12.0 Å². The van der Waals surface area contributed by atoms with Crippen LogP contribution in [0, 0.1) is 11.7 Å². The average Bonchev–Trinajstić information content (AvgIpc) is 2.86. The maximum Gasteiger partial charge on any atom is 0.262 e. The van der Waals surface area contributed by atoms with Gasteiger partial charge in [0.1, 0.15) is 5.82 Å². The first-order valence-electron chi connectivity index (χ1n) is 6.70. The first-order chi connectivity index (χ1) is 10.8. The Morgan fingerprint density at radius 1 is 1.30 bits per heavy atom. The SMILES string of the molecule is O=C(/C=C/c1cc(Br)ccc1F)NNC(=O)[C@@H]1CCS(=O)(=O)C1. The van der Waals surface area contributed by atoms with E-state index >= 15 is 0 Å². The van der Waals surface area contributed by atoms with Gasteiger partial charge in [-0.15, -0.1) is 0 Å². The van der Waals surface area contributed by atoms with Crippen molar-refractivity contribution >= 4 is 43.7 Å². The normalized spacial score (nSPS) is 19.7. The minimum absolute atomic E-state index is 0.0267. The highest BCUT2D eigenvalue weighted by molar-refractivity contribution is 9.10. The second kappa shape index (κ2) is 7.22. The molecule has 2 amide bonds. The Morgan fingerprint density at radius 2 is 2.04 bits per heavy atom. The second-order valence-corrected chi connectivity index (χ2v) is 8.22. The molecular formula is C14H14BrFN2O4S. The Bertz CT molecular complexity index is 764. The molecule has 1 aromatic carbocycles. The maximum absolute atomic E-state index is 13.5. The molecule has 1 fully saturated rings. The van der Waals surface area contributed by atoms with Crippen LogP contribution in [0.5, 0.6) is 0 Å². The molecule has 1 aliphatic heterocycles. The summed E-state index contributed by atoms with van der Waals surface area (Å²) >= 11 is 3.19. The minimum atomic E-state index is -3.17. The van der Waals surface area contributed by atoms with Crippen molar-refractivity contribution in [1.82, 2.24) is 10.9 Å². The van der Waals surface area contributed by atoms with Crippen molar-refractivity contribution in [2.75, 3.05) is 11.5 Å². The molecule has 124 valence electrons. The number of carbonyl (C=O) groups excluding carboxylic acids is 2. The fraction of sp³-hybridized carbons (Fsp3) is 0.286. The molecule has 6 nitrogen and oxygen atoms in total. The number of hydrogen-bond acceptors (Lipinski definition) is 4. The highest BCUT2D eigenvalue weighted by Gasteiger charge is 2.32. The Hall–Kier alpha value is -1.74. The van der Waals surface area contributed by atoms with Crippen LogP contribution in [0.4, 0.5) is 4.39 Å². The molecule has 0 aromatic heterocycles. The van der Waals surface area contributed by atoms with Gasteiger partial charge in [-0.2, -0.15) is 0 Å². The van der Waals surface area contributed by atoms with Crippen LogP contribution >= 0.6 is 15.9 Å². The van der Waals surface area contributed by atoms with Crippen LogP contribution in [-0.2, 0) is 19.4 Å². The fourth-order valence-corrected chi connectivity index (χ4v) is 4.20. The number of benzene rings is 1. The molecule has 0 unspecified atom stereocenters. The topological polar surface area (TPSA) is 92.3 Å². The summed E-state index contributed by atoms with van der Waals surface area (Å²) in [5.74, 6) is -2.60. The smallest absolute Gasteiger partial charge is 0.262 e. The maximum atomic E-state index is 13.5. The van der Waals surface area contributed by atoms with Gasteiger partial charge in [-0.25, -0.2) is 12.8 Å². The molecule has 1 heterocycles. The van der Waals surface area contributed by atoms with Gasteiger partial charge in [0.15, 0.2) is 9.84 Å². The minimum Gasteiger partial charge on any atom is -0.273 e. The molecule has 0 saturated carbocycles. The van der Waals surface area contributed by atoms with E-state index in [1.165, 1.54) is 24.3 Å². The summed E-state index contributed by atoms with van der Waals surface area (Å²) in [6.45, 7) is 0. The van der Waals surface area contributed by atoms with E-state index in [9.17, 15) is 22.4 Å². The van der Waals surface area contributed by atoms with Gasteiger partial charge < -0.3 is 0 Å². The molecule has 2 N–H and O–H groups in total. The molecule has 0 radical (unpaired) electrons. The van der Waals surface area contributed by atoms with Gasteiger partial charge in [-0.1, -0.05) is 15.9 Å². The van der Waals surface area contributed by atoms with Crippen LogP contribution in [0.3, 0.4) is 0 Å². The van der Waals surface area contributed by atoms with E-state index in [-0.39, 0.29) is 23.5 Å². The molecule has 1 aromatic rings. The average molecular weight is 405 g/mol. The molecule has 0 spiro atoms. The van der Waals surface area contributed by atoms with Crippen molar-refractivity contribution in [3.8, 4) is 0 Å². The molecule has 1 atom stereocenters. The second-order valence-electron chi connectivity index (χ2n) is 5.08. The predicted molar refractivity (Wildman–Crippen MR) is 86.2 cm³/mol. The van der Waals surface area contributed by atoms with Crippen molar-refractivity contribution in [3.05, 3.63) is 40.1 Å². The van der Waals surface area contributed by atoms with Crippen molar-refractivity contribution in [3.63, 3.8) is 0 Å². The van der Waals surface area contributed by atoms with Crippen LogP contribution < -0.4 is 10.9 Å². The number of carbonyl (C=O) groups is 2. The monoisotopic (exact) mass is 404 g/mol. The third-order valence-electron chi connectivity index (χ3n) is 3.28. The lowest BCUT2D eigenvalue weighted by molar-refractivity contribution is -0.129. The van der Waals surface area contributed by atoms with Gasteiger partial charge in [-0.3, -0.25) is 20.4 Å². The number of rotatable bonds is 3. The predicted octanol–water partition coefficient (Wildman–Crippen LogP) is 1.18. The van der Waals surface area contributed by atoms with Crippen LogP contribution in [0.15, 0.2) is 28.7 Å². The summed E-state index contributed by atoms with van der Waals surface area (Å²) in [7, 11) is -3.17. The Morgan fingerprint density at radius 3 is 2.70 bits per heavy atom. The standard InChI is InChI=1S/C14H14BrFN2O4S/c15-11-2-3-12(16)9(7-11)1-4-13(19)17-18-14(20)10-5-6-23(21,22)8-10/h1-4,7,10H,5-6,8H2,(H,17,19)(H,18,20)/b4-1+/t10-/m1/s1. The third kappa shape index (κ3) is 5.14. The summed E-state index contributed by atoms with van der Waals surface area (Å²) in [5.41, 5.74) is 4.51. The number of halogens is 2. The zero-order valence-electron chi connectivity index (χ0n) is 11.9. The first kappa shape index (κ1) is 17.6. The number of hydrazine groups is 1. The summed E-state index contributed by atoms with van der Waals surface area (Å²) in [6.07, 6.45) is 2.57. The Kier molecular flexibility index (Phi) is 5.53. The molecule has 1 saturated heterocycles. The van der Waals surface area contributed by atoms with E-state index in [4.69, 9.17) is 0 Å². The lowest BCUT2D eigenvalue weighted by Crippen LogP contribution is -2.44. The van der Waals surface area contributed by atoms with Gasteiger partial charge in [0.2, 0.25) is 5.91 Å². The van der Waals surface area contributed by atoms with E-state index in [1.54, 1.807) is 0 Å². The molecular weight excluding hydrogens is 391 g/mol. The largest absolute Gasteiger partial charge is 0.273 e. The van der Waals surface area contributed by atoms with Crippen molar-refractivity contribution in [2.45, 2.75) is 6.42 Å². The highest BCUT2D eigenvalue weighted by atomic mass is 79.9. The van der Waals surface area contributed by atoms with E-state index in [2.05, 4.69) is 26.8 Å². The summed E-state index contributed by atoms with van der Waals surface area (Å²) in [6, 6.07) is 4.29. The summed E-state index contributed by atoms with van der Waals surface area (Å²) < 4.78 is 36.7. The number of sulfone groups is 1. The van der Waals surface area contributed by atoms with Crippen molar-refractivity contribution in [1.29, 1.82) is 0 Å². The van der Waals surface area contributed by atoms with E-state index in [0.29, 0.717) is 4.47 Å². The van der Waals surface area contributed by atoms with Gasteiger partial charge in [0, 0.05) is 16.1 Å². The lowest BCUT2D eigenvalue weighted by Gasteiger charge is -2.09. The summed E-state index contributed by atoms with van der Waals surface area (Å²) in [5, 5.41) is 0. The van der Waals surface area contributed by atoms with Crippen LogP contribution in [-0.4, -0.2) is 31.7 Å². The zero-order chi connectivity index (χ0) is 17.0. The molecule has 2 rings (SSSR count). The number of amides is 2. The van der Waals surface area contributed by atoms with E-state index in [0.717, 1.165) is 6.08 Å². The molecule has 0 aliphatic carbocycles. The fourth-order valence-electron chi connectivity index (χ4n) is 2.08. The zero-order valence-corrected chi connectivity index (χ0v) is 14.3. The van der Waals surface area contributed by atoms with Gasteiger partial charge in [-0.05, 0) is 30.7 Å². The van der Waals surface area contributed by atoms with Gasteiger partial charge in [0.05, 0.1) is 17.4 Å². The van der Waals surface area contributed by atoms with Crippen molar-refractivity contribution in [2.24, 2.45) is 5.92 Å². The quantitative estimate of drug-likeness (QED) is 0.584. The highest BCUT2D eigenvalue weighted by Crippen LogP contribution is 2.18. The van der Waals surface area contributed by atoms with Crippen LogP contribution in [0.25, 0.3) is 6.08 Å². The molecule has 0 bridgehead atoms. The molecule has 1 aliphatic rings. The molecule has 9 heteroatoms. The lowest BCUT2D eigenvalue weighted by atomic mass is 10.1. The Labute approximate surface area is 141 Å². The molecule has 23 heavy (non-hydrogen) atoms. The van der Waals surface area contributed by atoms with E-state index < -0.39 is 33.4 Å². The van der Waals surface area contributed by atoms with E-state index in [1.807, 2.05) is 0 Å². The van der Waals surface area contributed by atoms with Gasteiger partial charge >= 0.3 is 0 Å². The Balaban J connectivity index is 1.86. The van der Waals surface area contributed by atoms with Crippen molar-refractivity contribution < 1.29 is 22.4 Å². The number of hydrogen-bond donors (Lipinski definition) is 2. The summed E-state index contributed by atoms with van der Waals surface area (Å²) in [4.78, 5) is 23.3. The van der Waals surface area contributed by atoms with Crippen LogP contribution in [0.2, 0.25) is 0 Å². The third-order valence-corrected chi connectivity index (χ3v) is 5.55. The first-order valence-corrected chi connectivity index (χ1v) is 9.32. The number of nitrogens with one attached hydrogen (secondary N) is 2.